The van der Waals surface area contributed by atoms with Crippen LogP contribution in [0.25, 0.3) is 0 Å². The van der Waals surface area contributed by atoms with Gasteiger partial charge < -0.3 is 21.1 Å². The standard InChI is InChI=1S/C21H27N3O3/c1-14(15-5-9-17(10-6-15)24-20(22)26)23-19(25)13-27-18-11-7-16(8-12-18)21(2,3)4/h5-12,14H,13H2,1-4H3,(H,23,25)(H3,22,24,26). The number of nitrogens with two attached hydrogens (primary N) is 1. The van der Waals surface area contributed by atoms with E-state index in [4.69, 9.17) is 10.5 Å². The van der Waals surface area contributed by atoms with Gasteiger partial charge in [0.15, 0.2) is 6.61 Å². The predicted octanol–water partition coefficient (Wildman–Crippen LogP) is 3.73. The molecule has 0 spiro atoms. The summed E-state index contributed by atoms with van der Waals surface area (Å²) in [6, 6.07) is 14.1. The third-order valence-corrected chi connectivity index (χ3v) is 4.15. The van der Waals surface area contributed by atoms with E-state index in [0.717, 1.165) is 5.56 Å². The number of rotatable bonds is 6. The Balaban J connectivity index is 1.85. The molecule has 1 unspecified atom stereocenters. The van der Waals surface area contributed by atoms with Gasteiger partial charge in [0.25, 0.3) is 5.91 Å². The molecule has 0 saturated carbocycles. The zero-order valence-corrected chi connectivity index (χ0v) is 16.2. The molecule has 2 rings (SSSR count). The average Bonchev–Trinajstić information content (AvgIpc) is 2.59. The van der Waals surface area contributed by atoms with Gasteiger partial charge in [-0.05, 0) is 47.7 Å². The molecule has 6 nitrogen and oxygen atoms in total. The normalized spacial score (nSPS) is 12.1. The molecule has 27 heavy (non-hydrogen) atoms. The molecule has 6 heteroatoms. The van der Waals surface area contributed by atoms with E-state index < -0.39 is 6.03 Å². The largest absolute Gasteiger partial charge is 0.484 e. The topological polar surface area (TPSA) is 93.4 Å². The Morgan fingerprint density at radius 1 is 1.04 bits per heavy atom. The summed E-state index contributed by atoms with van der Waals surface area (Å²) in [5, 5.41) is 5.38. The van der Waals surface area contributed by atoms with E-state index in [1.807, 2.05) is 43.3 Å². The highest BCUT2D eigenvalue weighted by Gasteiger charge is 2.14. The Hall–Kier alpha value is -3.02. The van der Waals surface area contributed by atoms with Crippen molar-refractivity contribution in [2.24, 2.45) is 5.73 Å². The number of amides is 3. The summed E-state index contributed by atoms with van der Waals surface area (Å²) in [5.74, 6) is 0.453. The fourth-order valence-electron chi connectivity index (χ4n) is 2.56. The van der Waals surface area contributed by atoms with Gasteiger partial charge in [-0.1, -0.05) is 45.0 Å². The number of hydrogen-bond donors (Lipinski definition) is 3. The highest BCUT2D eigenvalue weighted by Crippen LogP contribution is 2.24. The first-order valence-corrected chi connectivity index (χ1v) is 8.84. The fraction of sp³-hybridized carbons (Fsp3) is 0.333. The lowest BCUT2D eigenvalue weighted by atomic mass is 9.87. The molecule has 2 aromatic carbocycles. The Kier molecular flexibility index (Phi) is 6.45. The molecule has 0 aromatic heterocycles. The molecule has 0 radical (unpaired) electrons. The molecular weight excluding hydrogens is 342 g/mol. The van der Waals surface area contributed by atoms with Gasteiger partial charge in [0, 0.05) is 5.69 Å². The third-order valence-electron chi connectivity index (χ3n) is 4.15. The van der Waals surface area contributed by atoms with Crippen molar-refractivity contribution in [3.8, 4) is 5.75 Å². The second-order valence-corrected chi connectivity index (χ2v) is 7.46. The number of anilines is 1. The highest BCUT2D eigenvalue weighted by atomic mass is 16.5. The average molecular weight is 369 g/mol. The van der Waals surface area contributed by atoms with E-state index >= 15 is 0 Å². The summed E-state index contributed by atoms with van der Waals surface area (Å²) < 4.78 is 5.56. The van der Waals surface area contributed by atoms with Crippen molar-refractivity contribution in [2.45, 2.75) is 39.2 Å². The van der Waals surface area contributed by atoms with Gasteiger partial charge in [-0.2, -0.15) is 0 Å². The number of benzene rings is 2. The van der Waals surface area contributed by atoms with Crippen LogP contribution in [0, 0.1) is 0 Å². The van der Waals surface area contributed by atoms with Gasteiger partial charge in [0.1, 0.15) is 5.75 Å². The minimum absolute atomic E-state index is 0.0550. The smallest absolute Gasteiger partial charge is 0.316 e. The lowest BCUT2D eigenvalue weighted by molar-refractivity contribution is -0.123. The van der Waals surface area contributed by atoms with Crippen LogP contribution in [-0.2, 0) is 10.2 Å². The van der Waals surface area contributed by atoms with Gasteiger partial charge in [0.2, 0.25) is 0 Å². The number of carbonyl (C=O) groups excluding carboxylic acids is 2. The molecular formula is C21H27N3O3. The third kappa shape index (κ3) is 6.33. The minimum Gasteiger partial charge on any atom is -0.484 e. The first-order chi connectivity index (χ1) is 12.6. The van der Waals surface area contributed by atoms with Crippen LogP contribution >= 0.6 is 0 Å². The number of urea groups is 1. The number of nitrogens with one attached hydrogen (secondary N) is 2. The summed E-state index contributed by atoms with van der Waals surface area (Å²) in [4.78, 5) is 23.0. The van der Waals surface area contributed by atoms with Crippen molar-refractivity contribution in [2.75, 3.05) is 11.9 Å². The summed E-state index contributed by atoms with van der Waals surface area (Å²) in [6.45, 7) is 8.27. The molecule has 2 aromatic rings. The Morgan fingerprint density at radius 3 is 2.15 bits per heavy atom. The summed E-state index contributed by atoms with van der Waals surface area (Å²) in [6.07, 6.45) is 0. The molecule has 0 heterocycles. The molecule has 4 N–H and O–H groups in total. The maximum absolute atomic E-state index is 12.1. The second-order valence-electron chi connectivity index (χ2n) is 7.46. The molecule has 3 amide bonds. The Bertz CT molecular complexity index is 778. The van der Waals surface area contributed by atoms with Crippen molar-refractivity contribution in [1.29, 1.82) is 0 Å². The molecule has 0 aliphatic rings. The van der Waals surface area contributed by atoms with Crippen molar-refractivity contribution >= 4 is 17.6 Å². The predicted molar refractivity (Wildman–Crippen MR) is 107 cm³/mol. The van der Waals surface area contributed by atoms with Gasteiger partial charge >= 0.3 is 6.03 Å². The Morgan fingerprint density at radius 2 is 1.63 bits per heavy atom. The van der Waals surface area contributed by atoms with Crippen molar-refractivity contribution < 1.29 is 14.3 Å². The molecule has 0 aliphatic carbocycles. The number of hydrogen-bond acceptors (Lipinski definition) is 3. The van der Waals surface area contributed by atoms with E-state index in [9.17, 15) is 9.59 Å². The number of carbonyl (C=O) groups is 2. The van der Waals surface area contributed by atoms with Crippen LogP contribution in [0.15, 0.2) is 48.5 Å². The fourth-order valence-corrected chi connectivity index (χ4v) is 2.56. The quantitative estimate of drug-likeness (QED) is 0.724. The highest BCUT2D eigenvalue weighted by molar-refractivity contribution is 5.87. The van der Waals surface area contributed by atoms with Gasteiger partial charge in [-0.3, -0.25) is 4.79 Å². The molecule has 144 valence electrons. The van der Waals surface area contributed by atoms with Crippen LogP contribution in [0.1, 0.15) is 44.9 Å². The molecule has 0 aliphatic heterocycles. The van der Waals surface area contributed by atoms with Crippen molar-refractivity contribution in [1.82, 2.24) is 5.32 Å². The second kappa shape index (κ2) is 8.58. The summed E-state index contributed by atoms with van der Waals surface area (Å²) >= 11 is 0. The first kappa shape index (κ1) is 20.3. The molecule has 1 atom stereocenters. The zero-order chi connectivity index (χ0) is 20.0. The van der Waals surface area contributed by atoms with E-state index in [1.54, 1.807) is 12.1 Å². The maximum Gasteiger partial charge on any atom is 0.316 e. The van der Waals surface area contributed by atoms with Gasteiger partial charge in [-0.25, -0.2) is 4.79 Å². The monoisotopic (exact) mass is 369 g/mol. The van der Waals surface area contributed by atoms with Crippen LogP contribution in [0.3, 0.4) is 0 Å². The lowest BCUT2D eigenvalue weighted by Crippen LogP contribution is -2.31. The van der Waals surface area contributed by atoms with Crippen LogP contribution in [0.2, 0.25) is 0 Å². The number of primary amides is 1. The van der Waals surface area contributed by atoms with Crippen molar-refractivity contribution in [3.05, 3.63) is 59.7 Å². The van der Waals surface area contributed by atoms with Gasteiger partial charge in [0.05, 0.1) is 6.04 Å². The number of ether oxygens (including phenoxy) is 1. The van der Waals surface area contributed by atoms with Crippen molar-refractivity contribution in [3.63, 3.8) is 0 Å². The molecule has 0 bridgehead atoms. The van der Waals surface area contributed by atoms with Crippen LogP contribution in [-0.4, -0.2) is 18.5 Å². The SMILES string of the molecule is CC(NC(=O)COc1ccc(C(C)(C)C)cc1)c1ccc(NC(N)=O)cc1. The first-order valence-electron chi connectivity index (χ1n) is 8.84. The zero-order valence-electron chi connectivity index (χ0n) is 16.2. The van der Waals surface area contributed by atoms with E-state index in [-0.39, 0.29) is 24.0 Å². The van der Waals surface area contributed by atoms with E-state index in [2.05, 4.69) is 31.4 Å². The van der Waals surface area contributed by atoms with E-state index in [1.165, 1.54) is 5.56 Å². The lowest BCUT2D eigenvalue weighted by Gasteiger charge is -2.19. The summed E-state index contributed by atoms with van der Waals surface area (Å²) in [5.41, 5.74) is 7.88. The van der Waals surface area contributed by atoms with Crippen LogP contribution in [0.5, 0.6) is 5.75 Å². The molecule has 0 fully saturated rings. The Labute approximate surface area is 160 Å². The maximum atomic E-state index is 12.1. The van der Waals surface area contributed by atoms with Crippen LogP contribution < -0.4 is 21.1 Å². The molecule has 0 saturated heterocycles. The van der Waals surface area contributed by atoms with E-state index in [0.29, 0.717) is 11.4 Å². The van der Waals surface area contributed by atoms with Crippen LogP contribution in [0.4, 0.5) is 10.5 Å². The van der Waals surface area contributed by atoms with Gasteiger partial charge in [-0.15, -0.1) is 0 Å². The minimum atomic E-state index is -0.614. The summed E-state index contributed by atoms with van der Waals surface area (Å²) in [7, 11) is 0.